The monoisotopic (exact) mass is 258 g/mol. The van der Waals surface area contributed by atoms with Gasteiger partial charge in [-0.05, 0) is 31.2 Å². The highest BCUT2D eigenvalue weighted by Crippen LogP contribution is 2.25. The summed E-state index contributed by atoms with van der Waals surface area (Å²) in [6, 6.07) is -0.764. The molecule has 1 atom stereocenters. The van der Waals surface area contributed by atoms with E-state index in [-0.39, 0.29) is 11.3 Å². The number of hydrogen-bond acceptors (Lipinski definition) is 3. The number of amides is 1. The van der Waals surface area contributed by atoms with Crippen LogP contribution < -0.4 is 11.1 Å². The summed E-state index contributed by atoms with van der Waals surface area (Å²) in [5.74, 6) is -1.16. The van der Waals surface area contributed by atoms with Gasteiger partial charge in [0.1, 0.15) is 6.04 Å². The van der Waals surface area contributed by atoms with Gasteiger partial charge in [0, 0.05) is 6.42 Å². The van der Waals surface area contributed by atoms with Crippen molar-refractivity contribution in [3.05, 3.63) is 0 Å². The largest absolute Gasteiger partial charge is 0.480 e. The van der Waals surface area contributed by atoms with E-state index in [4.69, 9.17) is 10.8 Å². The van der Waals surface area contributed by atoms with Gasteiger partial charge in [0.25, 0.3) is 0 Å². The summed E-state index contributed by atoms with van der Waals surface area (Å²) in [4.78, 5) is 22.6. The molecule has 0 saturated heterocycles. The van der Waals surface area contributed by atoms with E-state index in [1.807, 2.05) is 6.92 Å². The van der Waals surface area contributed by atoms with Crippen molar-refractivity contribution >= 4 is 11.9 Å². The third-order valence-corrected chi connectivity index (χ3v) is 3.06. The maximum atomic E-state index is 11.7. The van der Waals surface area contributed by atoms with Gasteiger partial charge < -0.3 is 16.2 Å². The van der Waals surface area contributed by atoms with E-state index in [0.717, 1.165) is 12.8 Å². The molecule has 0 saturated carbocycles. The lowest BCUT2D eigenvalue weighted by atomic mass is 9.84. The van der Waals surface area contributed by atoms with E-state index in [1.54, 1.807) is 0 Å². The van der Waals surface area contributed by atoms with Crippen LogP contribution in [0.25, 0.3) is 0 Å². The molecule has 18 heavy (non-hydrogen) atoms. The van der Waals surface area contributed by atoms with Crippen molar-refractivity contribution in [1.29, 1.82) is 0 Å². The van der Waals surface area contributed by atoms with Crippen LogP contribution in [0.5, 0.6) is 0 Å². The first-order valence-electron chi connectivity index (χ1n) is 6.54. The molecular weight excluding hydrogens is 232 g/mol. The average Bonchev–Trinajstić information content (AvgIpc) is 2.26. The first-order valence-corrected chi connectivity index (χ1v) is 6.54. The Labute approximate surface area is 109 Å². The Bertz CT molecular complexity index is 277. The Balaban J connectivity index is 4.13. The average molecular weight is 258 g/mol. The van der Waals surface area contributed by atoms with Gasteiger partial charge in [-0.3, -0.25) is 4.79 Å². The molecule has 0 spiro atoms. The normalized spacial score (nSPS) is 13.1. The standard InChI is InChI=1S/C13H26N2O3/c1-4-5-10(12(17)18)15-11(16)6-7-13(2,3)8-9-14/h10H,4-9,14H2,1-3H3,(H,15,16)(H,17,18). The molecule has 0 aliphatic rings. The summed E-state index contributed by atoms with van der Waals surface area (Å²) < 4.78 is 0. The first kappa shape index (κ1) is 16.9. The molecule has 0 aromatic carbocycles. The van der Waals surface area contributed by atoms with Gasteiger partial charge in [0.05, 0.1) is 0 Å². The van der Waals surface area contributed by atoms with Crippen molar-refractivity contribution in [1.82, 2.24) is 5.32 Å². The quantitative estimate of drug-likeness (QED) is 0.584. The molecule has 106 valence electrons. The third kappa shape index (κ3) is 7.27. The molecular formula is C13H26N2O3. The fourth-order valence-electron chi connectivity index (χ4n) is 1.78. The minimum Gasteiger partial charge on any atom is -0.480 e. The molecule has 0 fully saturated rings. The van der Waals surface area contributed by atoms with Gasteiger partial charge in [-0.2, -0.15) is 0 Å². The minimum atomic E-state index is -0.966. The van der Waals surface area contributed by atoms with Crippen molar-refractivity contribution in [2.75, 3.05) is 6.54 Å². The van der Waals surface area contributed by atoms with Crippen LogP contribution in [0.1, 0.15) is 52.9 Å². The summed E-state index contributed by atoms with van der Waals surface area (Å²) in [6.45, 7) is 6.62. The Morgan fingerprint density at radius 3 is 2.39 bits per heavy atom. The zero-order valence-electron chi connectivity index (χ0n) is 11.7. The number of carboxylic acid groups (broad SMARTS) is 1. The second-order valence-electron chi connectivity index (χ2n) is 5.45. The van der Waals surface area contributed by atoms with E-state index >= 15 is 0 Å². The molecule has 0 aromatic rings. The van der Waals surface area contributed by atoms with E-state index in [9.17, 15) is 9.59 Å². The first-order chi connectivity index (χ1) is 8.32. The maximum Gasteiger partial charge on any atom is 0.326 e. The Morgan fingerprint density at radius 2 is 1.94 bits per heavy atom. The van der Waals surface area contributed by atoms with Crippen molar-refractivity contribution in [3.63, 3.8) is 0 Å². The maximum absolute atomic E-state index is 11.7. The molecule has 0 bridgehead atoms. The zero-order chi connectivity index (χ0) is 14.2. The van der Waals surface area contributed by atoms with E-state index in [1.165, 1.54) is 0 Å². The van der Waals surface area contributed by atoms with Crippen LogP contribution in [0.3, 0.4) is 0 Å². The number of rotatable bonds is 9. The summed E-state index contributed by atoms with van der Waals surface area (Å²) in [5, 5.41) is 11.5. The highest BCUT2D eigenvalue weighted by Gasteiger charge is 2.21. The Kier molecular flexibility index (Phi) is 7.59. The van der Waals surface area contributed by atoms with Gasteiger partial charge in [-0.15, -0.1) is 0 Å². The zero-order valence-corrected chi connectivity index (χ0v) is 11.7. The molecule has 4 N–H and O–H groups in total. The summed E-state index contributed by atoms with van der Waals surface area (Å²) in [7, 11) is 0. The number of carbonyl (C=O) groups is 2. The number of carboxylic acids is 1. The van der Waals surface area contributed by atoms with Gasteiger partial charge in [-0.1, -0.05) is 27.2 Å². The predicted molar refractivity (Wildman–Crippen MR) is 71.2 cm³/mol. The highest BCUT2D eigenvalue weighted by molar-refractivity contribution is 5.83. The molecule has 0 aromatic heterocycles. The smallest absolute Gasteiger partial charge is 0.326 e. The van der Waals surface area contributed by atoms with Gasteiger partial charge in [0.2, 0.25) is 5.91 Å². The van der Waals surface area contributed by atoms with Gasteiger partial charge in [-0.25, -0.2) is 4.79 Å². The lowest BCUT2D eigenvalue weighted by Gasteiger charge is -2.23. The van der Waals surface area contributed by atoms with Crippen LogP contribution in [0.15, 0.2) is 0 Å². The number of hydrogen-bond donors (Lipinski definition) is 3. The number of carbonyl (C=O) groups excluding carboxylic acids is 1. The van der Waals surface area contributed by atoms with E-state index in [2.05, 4.69) is 19.2 Å². The number of nitrogens with two attached hydrogens (primary N) is 1. The summed E-state index contributed by atoms with van der Waals surface area (Å²) in [6.07, 6.45) is 3.12. The van der Waals surface area contributed by atoms with Crippen molar-refractivity contribution < 1.29 is 14.7 Å². The molecule has 1 unspecified atom stereocenters. The SMILES string of the molecule is CCCC(NC(=O)CCC(C)(C)CCN)C(=O)O. The van der Waals surface area contributed by atoms with Crippen molar-refractivity contribution in [2.24, 2.45) is 11.1 Å². The van der Waals surface area contributed by atoms with Crippen LogP contribution in [0.2, 0.25) is 0 Å². The lowest BCUT2D eigenvalue weighted by Crippen LogP contribution is -2.40. The minimum absolute atomic E-state index is 0.0234. The van der Waals surface area contributed by atoms with Gasteiger partial charge in [0.15, 0.2) is 0 Å². The van der Waals surface area contributed by atoms with Crippen molar-refractivity contribution in [2.45, 2.75) is 58.9 Å². The Morgan fingerprint density at radius 1 is 1.33 bits per heavy atom. The Hall–Kier alpha value is -1.10. The molecule has 5 heteroatoms. The molecule has 0 radical (unpaired) electrons. The molecule has 0 aliphatic carbocycles. The van der Waals surface area contributed by atoms with Crippen LogP contribution in [-0.4, -0.2) is 29.6 Å². The van der Waals surface area contributed by atoms with Crippen LogP contribution in [0, 0.1) is 5.41 Å². The topological polar surface area (TPSA) is 92.4 Å². The molecule has 0 aliphatic heterocycles. The second kappa shape index (κ2) is 8.08. The summed E-state index contributed by atoms with van der Waals surface area (Å²) in [5.41, 5.74) is 5.53. The van der Waals surface area contributed by atoms with Crippen molar-refractivity contribution in [3.8, 4) is 0 Å². The fraction of sp³-hybridized carbons (Fsp3) is 0.846. The number of aliphatic carboxylic acids is 1. The van der Waals surface area contributed by atoms with Gasteiger partial charge >= 0.3 is 5.97 Å². The second-order valence-corrected chi connectivity index (χ2v) is 5.45. The number of nitrogens with one attached hydrogen (secondary N) is 1. The fourth-order valence-corrected chi connectivity index (χ4v) is 1.78. The van der Waals surface area contributed by atoms with Crippen LogP contribution in [-0.2, 0) is 9.59 Å². The predicted octanol–water partition coefficient (Wildman–Crippen LogP) is 1.51. The molecule has 5 nitrogen and oxygen atoms in total. The van der Waals surface area contributed by atoms with Crippen LogP contribution >= 0.6 is 0 Å². The molecule has 0 rings (SSSR count). The third-order valence-electron chi connectivity index (χ3n) is 3.06. The highest BCUT2D eigenvalue weighted by atomic mass is 16.4. The molecule has 0 heterocycles. The molecule has 1 amide bonds. The van der Waals surface area contributed by atoms with Crippen LogP contribution in [0.4, 0.5) is 0 Å². The van der Waals surface area contributed by atoms with E-state index in [0.29, 0.717) is 25.8 Å². The van der Waals surface area contributed by atoms with E-state index < -0.39 is 12.0 Å². The lowest BCUT2D eigenvalue weighted by molar-refractivity contribution is -0.142. The summed E-state index contributed by atoms with van der Waals surface area (Å²) >= 11 is 0.